The Morgan fingerprint density at radius 1 is 1.47 bits per heavy atom. The van der Waals surface area contributed by atoms with Crippen LogP contribution in [0, 0.1) is 10.1 Å². The Labute approximate surface area is 110 Å². The van der Waals surface area contributed by atoms with Gasteiger partial charge in [-0.15, -0.1) is 0 Å². The molecular weight excluding hydrogens is 246 g/mol. The van der Waals surface area contributed by atoms with Crippen LogP contribution in [0.1, 0.15) is 12.8 Å². The van der Waals surface area contributed by atoms with Crippen LogP contribution in [0.4, 0.5) is 5.69 Å². The fourth-order valence-electron chi connectivity index (χ4n) is 1.70. The van der Waals surface area contributed by atoms with Gasteiger partial charge in [-0.2, -0.15) is 0 Å². The van der Waals surface area contributed by atoms with Crippen LogP contribution in [0.15, 0.2) is 34.9 Å². The second-order valence-electron chi connectivity index (χ2n) is 4.03. The largest absolute Gasteiger partial charge is 0.441 e. The van der Waals surface area contributed by atoms with Crippen molar-refractivity contribution in [3.05, 3.63) is 46.5 Å². The molecule has 0 bridgehead atoms. The molecule has 0 amide bonds. The summed E-state index contributed by atoms with van der Waals surface area (Å²) in [6.07, 6.45) is 2.29. The fourth-order valence-corrected chi connectivity index (χ4v) is 1.70. The van der Waals surface area contributed by atoms with Crippen molar-refractivity contribution in [1.29, 1.82) is 0 Å². The molecule has 1 aromatic carbocycles. The van der Waals surface area contributed by atoms with E-state index in [1.807, 2.05) is 6.92 Å². The Bertz CT molecular complexity index is 566. The third kappa shape index (κ3) is 3.38. The van der Waals surface area contributed by atoms with Crippen molar-refractivity contribution in [2.75, 3.05) is 13.1 Å². The molecule has 1 heterocycles. The summed E-state index contributed by atoms with van der Waals surface area (Å²) < 4.78 is 5.58. The first-order chi connectivity index (χ1) is 9.20. The molecule has 100 valence electrons. The highest BCUT2D eigenvalue weighted by Gasteiger charge is 2.10. The molecule has 19 heavy (non-hydrogen) atoms. The number of benzene rings is 1. The van der Waals surface area contributed by atoms with Gasteiger partial charge in [0.1, 0.15) is 0 Å². The van der Waals surface area contributed by atoms with Gasteiger partial charge in [0.15, 0.2) is 11.7 Å². The van der Waals surface area contributed by atoms with E-state index >= 15 is 0 Å². The molecule has 0 saturated carbocycles. The third-order valence-electron chi connectivity index (χ3n) is 2.66. The molecule has 1 N–H and O–H groups in total. The van der Waals surface area contributed by atoms with Crippen LogP contribution in [-0.2, 0) is 6.42 Å². The maximum Gasteiger partial charge on any atom is 0.270 e. The predicted molar refractivity (Wildman–Crippen MR) is 70.8 cm³/mol. The number of nitrogens with zero attached hydrogens (tertiary/aromatic N) is 2. The number of nitrogens with one attached hydrogen (secondary N) is 1. The number of oxazole rings is 1. The van der Waals surface area contributed by atoms with Gasteiger partial charge in [-0.25, -0.2) is 4.98 Å². The Hall–Kier alpha value is -2.21. The monoisotopic (exact) mass is 261 g/mol. The molecule has 0 radical (unpaired) electrons. The summed E-state index contributed by atoms with van der Waals surface area (Å²) >= 11 is 0. The molecule has 0 aliphatic rings. The minimum Gasteiger partial charge on any atom is -0.441 e. The summed E-state index contributed by atoms with van der Waals surface area (Å²) in [4.78, 5) is 14.5. The number of nitro benzene ring substituents is 1. The highest BCUT2D eigenvalue weighted by atomic mass is 16.6. The van der Waals surface area contributed by atoms with Gasteiger partial charge in [-0.1, -0.05) is 19.1 Å². The van der Waals surface area contributed by atoms with Crippen molar-refractivity contribution < 1.29 is 9.34 Å². The summed E-state index contributed by atoms with van der Waals surface area (Å²) in [6, 6.07) is 6.33. The Morgan fingerprint density at radius 3 is 3.05 bits per heavy atom. The lowest BCUT2D eigenvalue weighted by Gasteiger charge is -1.98. The van der Waals surface area contributed by atoms with E-state index in [0.717, 1.165) is 13.1 Å². The first-order valence-electron chi connectivity index (χ1n) is 6.11. The summed E-state index contributed by atoms with van der Waals surface area (Å²) in [5.41, 5.74) is 0.708. The Morgan fingerprint density at radius 2 is 2.32 bits per heavy atom. The minimum atomic E-state index is -0.425. The lowest BCUT2D eigenvalue weighted by Crippen LogP contribution is -2.16. The average Bonchev–Trinajstić information content (AvgIpc) is 2.88. The molecule has 0 saturated heterocycles. The molecule has 0 fully saturated rings. The minimum absolute atomic E-state index is 0.0445. The smallest absolute Gasteiger partial charge is 0.270 e. The SMILES string of the molecule is CCNCCc1ncc(-c2cccc([N+](=O)[O-])c2)o1. The van der Waals surface area contributed by atoms with Gasteiger partial charge < -0.3 is 9.73 Å². The van der Waals surface area contributed by atoms with Crippen LogP contribution in [0.25, 0.3) is 11.3 Å². The lowest BCUT2D eigenvalue weighted by molar-refractivity contribution is -0.384. The van der Waals surface area contributed by atoms with Crippen LogP contribution in [-0.4, -0.2) is 23.0 Å². The van der Waals surface area contributed by atoms with Crippen molar-refractivity contribution in [1.82, 2.24) is 10.3 Å². The van der Waals surface area contributed by atoms with Crippen LogP contribution in [0.2, 0.25) is 0 Å². The summed E-state index contributed by atoms with van der Waals surface area (Å²) in [6.45, 7) is 3.73. The van der Waals surface area contributed by atoms with Gasteiger partial charge in [-0.05, 0) is 6.54 Å². The second kappa shape index (κ2) is 6.10. The van der Waals surface area contributed by atoms with E-state index in [2.05, 4.69) is 10.3 Å². The van der Waals surface area contributed by atoms with Crippen molar-refractivity contribution >= 4 is 5.69 Å². The van der Waals surface area contributed by atoms with Crippen LogP contribution in [0.5, 0.6) is 0 Å². The van der Waals surface area contributed by atoms with Crippen LogP contribution >= 0.6 is 0 Å². The summed E-state index contributed by atoms with van der Waals surface area (Å²) in [5.74, 6) is 1.18. The van der Waals surface area contributed by atoms with Crippen molar-refractivity contribution in [3.8, 4) is 11.3 Å². The molecule has 1 aromatic heterocycles. The highest BCUT2D eigenvalue weighted by Crippen LogP contribution is 2.24. The van der Waals surface area contributed by atoms with Gasteiger partial charge >= 0.3 is 0 Å². The molecule has 2 aromatic rings. The summed E-state index contributed by atoms with van der Waals surface area (Å²) in [5, 5.41) is 13.9. The second-order valence-corrected chi connectivity index (χ2v) is 4.03. The molecule has 0 spiro atoms. The number of likely N-dealkylation sites (N-methyl/N-ethyl adjacent to an activating group) is 1. The molecule has 0 aliphatic heterocycles. The number of hydrogen-bond acceptors (Lipinski definition) is 5. The van der Waals surface area contributed by atoms with E-state index in [0.29, 0.717) is 23.6 Å². The number of rotatable bonds is 6. The van der Waals surface area contributed by atoms with Crippen molar-refractivity contribution in [2.24, 2.45) is 0 Å². The average molecular weight is 261 g/mol. The van der Waals surface area contributed by atoms with Gasteiger partial charge in [0, 0.05) is 30.7 Å². The van der Waals surface area contributed by atoms with E-state index in [1.165, 1.54) is 12.1 Å². The number of non-ortho nitro benzene ring substituents is 1. The quantitative estimate of drug-likeness (QED) is 0.490. The van der Waals surface area contributed by atoms with E-state index in [9.17, 15) is 10.1 Å². The summed E-state index contributed by atoms with van der Waals surface area (Å²) in [7, 11) is 0. The maximum atomic E-state index is 10.7. The van der Waals surface area contributed by atoms with Gasteiger partial charge in [0.25, 0.3) is 5.69 Å². The Kier molecular flexibility index (Phi) is 4.25. The molecule has 0 aliphatic carbocycles. The standard InChI is InChI=1S/C13H15N3O3/c1-2-14-7-6-13-15-9-12(19-13)10-4-3-5-11(8-10)16(17)18/h3-5,8-9,14H,2,6-7H2,1H3. The maximum absolute atomic E-state index is 10.7. The van der Waals surface area contributed by atoms with Crippen LogP contribution < -0.4 is 5.32 Å². The van der Waals surface area contributed by atoms with E-state index in [4.69, 9.17) is 4.42 Å². The topological polar surface area (TPSA) is 81.2 Å². The molecule has 0 atom stereocenters. The lowest BCUT2D eigenvalue weighted by atomic mass is 10.2. The molecule has 0 unspecified atom stereocenters. The van der Waals surface area contributed by atoms with Crippen molar-refractivity contribution in [2.45, 2.75) is 13.3 Å². The zero-order valence-corrected chi connectivity index (χ0v) is 10.6. The van der Waals surface area contributed by atoms with E-state index < -0.39 is 4.92 Å². The predicted octanol–water partition coefficient (Wildman–Crippen LogP) is 2.40. The highest BCUT2D eigenvalue weighted by molar-refractivity contribution is 5.60. The van der Waals surface area contributed by atoms with Crippen LogP contribution in [0.3, 0.4) is 0 Å². The third-order valence-corrected chi connectivity index (χ3v) is 2.66. The van der Waals surface area contributed by atoms with Crippen molar-refractivity contribution in [3.63, 3.8) is 0 Å². The number of aromatic nitrogens is 1. The molecule has 6 heteroatoms. The fraction of sp³-hybridized carbons (Fsp3) is 0.308. The first kappa shape index (κ1) is 13.2. The van der Waals surface area contributed by atoms with Gasteiger partial charge in [0.05, 0.1) is 11.1 Å². The zero-order valence-electron chi connectivity index (χ0n) is 10.6. The molecular formula is C13H15N3O3. The number of nitro groups is 1. The zero-order chi connectivity index (χ0) is 13.7. The van der Waals surface area contributed by atoms with E-state index in [-0.39, 0.29) is 5.69 Å². The Balaban J connectivity index is 2.13. The number of hydrogen-bond donors (Lipinski definition) is 1. The normalized spacial score (nSPS) is 10.6. The van der Waals surface area contributed by atoms with Gasteiger partial charge in [-0.3, -0.25) is 10.1 Å². The molecule has 6 nitrogen and oxygen atoms in total. The van der Waals surface area contributed by atoms with Gasteiger partial charge in [0.2, 0.25) is 0 Å². The first-order valence-corrected chi connectivity index (χ1v) is 6.11. The van der Waals surface area contributed by atoms with E-state index in [1.54, 1.807) is 18.3 Å². The molecule has 2 rings (SSSR count).